The van der Waals surface area contributed by atoms with E-state index in [-0.39, 0.29) is 24.7 Å². The molecule has 0 aliphatic carbocycles. The van der Waals surface area contributed by atoms with Crippen molar-refractivity contribution in [2.24, 2.45) is 0 Å². The number of carbonyl (C=O) groups excluding carboxylic acids is 1. The molecule has 3 heterocycles. The Balaban J connectivity index is 1.54. The number of rotatable bonds is 5. The molecule has 3 aliphatic heterocycles. The maximum atomic E-state index is 11.7. The predicted molar refractivity (Wildman–Crippen MR) is 63.8 cm³/mol. The Labute approximate surface area is 111 Å². The average Bonchev–Trinajstić information content (AvgIpc) is 2.97. The Kier molecular flexibility index (Phi) is 3.12. The van der Waals surface area contributed by atoms with Gasteiger partial charge in [0.1, 0.15) is 23.6 Å². The van der Waals surface area contributed by atoms with Gasteiger partial charge in [-0.15, -0.1) is 0 Å². The molecule has 0 spiro atoms. The molecule has 0 radical (unpaired) electrons. The van der Waals surface area contributed by atoms with E-state index in [0.29, 0.717) is 13.0 Å². The standard InChI is InChI=1S/C11H15NO6S/c1-2-8(13)12-3-4-16-9-6-5-7-10(17-6)11(9)18-19(7,14)15/h2,6-7,9-11H,1,3-5H2,(H,12,13). The minimum atomic E-state index is -3.50. The van der Waals surface area contributed by atoms with Crippen LogP contribution in [0, 0.1) is 0 Å². The lowest BCUT2D eigenvalue weighted by Gasteiger charge is -2.22. The molecular weight excluding hydrogens is 274 g/mol. The van der Waals surface area contributed by atoms with E-state index in [1.807, 2.05) is 0 Å². The van der Waals surface area contributed by atoms with Gasteiger partial charge in [-0.1, -0.05) is 6.58 Å². The third kappa shape index (κ3) is 2.08. The Morgan fingerprint density at radius 1 is 1.47 bits per heavy atom. The molecule has 5 unspecified atom stereocenters. The Morgan fingerprint density at radius 2 is 2.26 bits per heavy atom. The maximum Gasteiger partial charge on any atom is 0.273 e. The van der Waals surface area contributed by atoms with Gasteiger partial charge in [0.2, 0.25) is 5.91 Å². The monoisotopic (exact) mass is 289 g/mol. The van der Waals surface area contributed by atoms with Gasteiger partial charge in [0.15, 0.2) is 0 Å². The number of nitrogens with one attached hydrogen (secondary N) is 1. The second-order valence-corrected chi connectivity index (χ2v) is 6.58. The van der Waals surface area contributed by atoms with Gasteiger partial charge in [-0.05, 0) is 12.5 Å². The fourth-order valence-corrected chi connectivity index (χ4v) is 4.51. The zero-order valence-corrected chi connectivity index (χ0v) is 11.0. The summed E-state index contributed by atoms with van der Waals surface area (Å²) in [7, 11) is -3.50. The highest BCUT2D eigenvalue weighted by molar-refractivity contribution is 7.87. The summed E-state index contributed by atoms with van der Waals surface area (Å²) in [6.07, 6.45) is 0.0589. The van der Waals surface area contributed by atoms with E-state index >= 15 is 0 Å². The van der Waals surface area contributed by atoms with E-state index in [1.54, 1.807) is 0 Å². The van der Waals surface area contributed by atoms with Crippen LogP contribution in [-0.4, -0.2) is 57.1 Å². The molecule has 7 nitrogen and oxygen atoms in total. The highest BCUT2D eigenvalue weighted by Gasteiger charge is 2.66. The smallest absolute Gasteiger partial charge is 0.273 e. The topological polar surface area (TPSA) is 90.9 Å². The first-order valence-electron chi connectivity index (χ1n) is 6.12. The minimum Gasteiger partial charge on any atom is -0.371 e. The van der Waals surface area contributed by atoms with E-state index in [4.69, 9.17) is 13.7 Å². The highest BCUT2D eigenvalue weighted by Crippen LogP contribution is 2.47. The SMILES string of the molecule is C=CC(=O)NCCOC1C2CC3C(O2)C1OS3(=O)=O. The largest absolute Gasteiger partial charge is 0.371 e. The van der Waals surface area contributed by atoms with E-state index in [2.05, 4.69) is 11.9 Å². The van der Waals surface area contributed by atoms with Gasteiger partial charge in [-0.2, -0.15) is 8.42 Å². The zero-order chi connectivity index (χ0) is 13.6. The van der Waals surface area contributed by atoms with Gasteiger partial charge in [-0.25, -0.2) is 0 Å². The molecule has 106 valence electrons. The Bertz CT molecular complexity index is 503. The molecule has 0 aromatic rings. The van der Waals surface area contributed by atoms with Crippen LogP contribution in [0.3, 0.4) is 0 Å². The van der Waals surface area contributed by atoms with Crippen molar-refractivity contribution >= 4 is 16.0 Å². The van der Waals surface area contributed by atoms with Gasteiger partial charge >= 0.3 is 0 Å². The van der Waals surface area contributed by atoms with Crippen molar-refractivity contribution in [2.45, 2.75) is 36.1 Å². The molecule has 1 N–H and O–H groups in total. The summed E-state index contributed by atoms with van der Waals surface area (Å²) < 4.78 is 39.5. The molecule has 2 bridgehead atoms. The van der Waals surface area contributed by atoms with Crippen LogP contribution in [0.2, 0.25) is 0 Å². The Morgan fingerprint density at radius 3 is 3.00 bits per heavy atom. The molecule has 0 saturated carbocycles. The lowest BCUT2D eigenvalue weighted by atomic mass is 9.94. The lowest BCUT2D eigenvalue weighted by Crippen LogP contribution is -2.41. The minimum absolute atomic E-state index is 0.229. The third-order valence-electron chi connectivity index (χ3n) is 3.69. The lowest BCUT2D eigenvalue weighted by molar-refractivity contribution is -0.117. The summed E-state index contributed by atoms with van der Waals surface area (Å²) in [4.78, 5) is 10.9. The van der Waals surface area contributed by atoms with Crippen LogP contribution in [0.5, 0.6) is 0 Å². The molecule has 19 heavy (non-hydrogen) atoms. The molecule has 8 heteroatoms. The molecule has 5 atom stereocenters. The van der Waals surface area contributed by atoms with Crippen molar-refractivity contribution in [3.63, 3.8) is 0 Å². The summed E-state index contributed by atoms with van der Waals surface area (Å²) in [5.41, 5.74) is 0. The summed E-state index contributed by atoms with van der Waals surface area (Å²) in [6, 6.07) is 0. The molecule has 3 fully saturated rings. The van der Waals surface area contributed by atoms with E-state index in [0.717, 1.165) is 0 Å². The molecule has 1 amide bonds. The molecular formula is C11H15NO6S. The van der Waals surface area contributed by atoms with Crippen molar-refractivity contribution in [1.29, 1.82) is 0 Å². The highest BCUT2D eigenvalue weighted by atomic mass is 32.2. The van der Waals surface area contributed by atoms with E-state index in [1.165, 1.54) is 6.08 Å². The third-order valence-corrected chi connectivity index (χ3v) is 5.38. The van der Waals surface area contributed by atoms with Crippen LogP contribution in [0.15, 0.2) is 12.7 Å². The normalized spacial score (nSPS) is 41.4. The zero-order valence-electron chi connectivity index (χ0n) is 10.2. The molecule has 0 aromatic carbocycles. The average molecular weight is 289 g/mol. The fourth-order valence-electron chi connectivity index (χ4n) is 2.87. The van der Waals surface area contributed by atoms with Gasteiger partial charge in [0.25, 0.3) is 10.1 Å². The number of hydrogen-bond donors (Lipinski definition) is 1. The van der Waals surface area contributed by atoms with Gasteiger partial charge < -0.3 is 14.8 Å². The fraction of sp³-hybridized carbons (Fsp3) is 0.727. The van der Waals surface area contributed by atoms with Crippen LogP contribution in [0.25, 0.3) is 0 Å². The van der Waals surface area contributed by atoms with Crippen molar-refractivity contribution in [2.75, 3.05) is 13.2 Å². The Hall–Kier alpha value is -0.960. The van der Waals surface area contributed by atoms with Crippen LogP contribution in [0.4, 0.5) is 0 Å². The number of hydrogen-bond acceptors (Lipinski definition) is 6. The number of amides is 1. The van der Waals surface area contributed by atoms with Crippen LogP contribution >= 0.6 is 0 Å². The first-order valence-corrected chi connectivity index (χ1v) is 7.59. The van der Waals surface area contributed by atoms with Crippen molar-refractivity contribution < 1.29 is 26.9 Å². The first kappa shape index (κ1) is 13.0. The second kappa shape index (κ2) is 4.55. The van der Waals surface area contributed by atoms with Crippen molar-refractivity contribution in [3.05, 3.63) is 12.7 Å². The van der Waals surface area contributed by atoms with Crippen molar-refractivity contribution in [3.8, 4) is 0 Å². The number of fused-ring (bicyclic) bond motifs is 1. The molecule has 0 aromatic heterocycles. The maximum absolute atomic E-state index is 11.7. The molecule has 3 saturated heterocycles. The van der Waals surface area contributed by atoms with Gasteiger partial charge in [0, 0.05) is 6.54 Å². The predicted octanol–water partition coefficient (Wildman–Crippen LogP) is -1.06. The van der Waals surface area contributed by atoms with Crippen LogP contribution in [0.1, 0.15) is 6.42 Å². The molecule has 3 aliphatic rings. The summed E-state index contributed by atoms with van der Waals surface area (Å²) in [5.74, 6) is -0.271. The van der Waals surface area contributed by atoms with Crippen LogP contribution < -0.4 is 5.32 Å². The molecule has 3 rings (SSSR count). The number of ether oxygens (including phenoxy) is 2. The number of carbonyl (C=O) groups is 1. The quantitative estimate of drug-likeness (QED) is 0.394. The van der Waals surface area contributed by atoms with Crippen molar-refractivity contribution in [1.82, 2.24) is 5.32 Å². The van der Waals surface area contributed by atoms with E-state index < -0.39 is 27.6 Å². The van der Waals surface area contributed by atoms with E-state index in [9.17, 15) is 13.2 Å². The van der Waals surface area contributed by atoms with Gasteiger partial charge in [-0.3, -0.25) is 8.98 Å². The first-order chi connectivity index (χ1) is 9.03. The summed E-state index contributed by atoms with van der Waals surface area (Å²) >= 11 is 0. The summed E-state index contributed by atoms with van der Waals surface area (Å²) in [6.45, 7) is 3.95. The summed E-state index contributed by atoms with van der Waals surface area (Å²) in [5, 5.41) is 2.04. The van der Waals surface area contributed by atoms with Crippen LogP contribution in [-0.2, 0) is 28.6 Å². The van der Waals surface area contributed by atoms with Gasteiger partial charge in [0.05, 0.1) is 12.7 Å². The second-order valence-electron chi connectivity index (χ2n) is 4.80.